The SMILES string of the molecule is COc1cccc(-c2cccc(-c3cccc(-c4ccccc4O)n3)n2)c1O.[Mn]. The average molecular weight is 425 g/mol. The molecule has 29 heavy (non-hydrogen) atoms. The van der Waals surface area contributed by atoms with Crippen LogP contribution in [-0.2, 0) is 17.1 Å². The fraction of sp³-hybridized carbons (Fsp3) is 0.0435. The third-order valence-electron chi connectivity index (χ3n) is 4.44. The van der Waals surface area contributed by atoms with Gasteiger partial charge in [0.25, 0.3) is 0 Å². The number of para-hydroxylation sites is 2. The van der Waals surface area contributed by atoms with Crippen molar-refractivity contribution in [2.45, 2.75) is 0 Å². The molecular formula is C23H18MnN2O3. The first kappa shape index (κ1) is 20.4. The normalized spacial score (nSPS) is 10.2. The number of pyridine rings is 2. The summed E-state index contributed by atoms with van der Waals surface area (Å²) in [5.74, 6) is 0.616. The third kappa shape index (κ3) is 4.09. The van der Waals surface area contributed by atoms with E-state index in [0.717, 1.165) is 0 Å². The number of rotatable bonds is 4. The molecule has 2 heterocycles. The Morgan fingerprint density at radius 3 is 1.76 bits per heavy atom. The van der Waals surface area contributed by atoms with Gasteiger partial charge in [-0.1, -0.05) is 30.3 Å². The number of hydrogen-bond donors (Lipinski definition) is 2. The minimum atomic E-state index is 0. The topological polar surface area (TPSA) is 75.5 Å². The summed E-state index contributed by atoms with van der Waals surface area (Å²) in [7, 11) is 1.51. The van der Waals surface area contributed by atoms with Crippen LogP contribution in [-0.4, -0.2) is 27.3 Å². The van der Waals surface area contributed by atoms with Gasteiger partial charge in [-0.05, 0) is 48.5 Å². The van der Waals surface area contributed by atoms with E-state index < -0.39 is 0 Å². The Kier molecular flexibility index (Phi) is 6.17. The maximum atomic E-state index is 10.4. The number of benzene rings is 2. The molecule has 6 heteroatoms. The quantitative estimate of drug-likeness (QED) is 0.455. The molecule has 2 aromatic carbocycles. The number of ether oxygens (including phenoxy) is 1. The molecule has 0 unspecified atom stereocenters. The molecule has 0 fully saturated rings. The van der Waals surface area contributed by atoms with E-state index in [1.165, 1.54) is 7.11 Å². The van der Waals surface area contributed by atoms with Crippen molar-refractivity contribution in [3.05, 3.63) is 78.9 Å². The Morgan fingerprint density at radius 2 is 1.14 bits per heavy atom. The number of aromatic nitrogens is 2. The molecule has 0 spiro atoms. The van der Waals surface area contributed by atoms with E-state index in [-0.39, 0.29) is 28.6 Å². The maximum absolute atomic E-state index is 10.4. The summed E-state index contributed by atoms with van der Waals surface area (Å²) >= 11 is 0. The van der Waals surface area contributed by atoms with Crippen molar-refractivity contribution < 1.29 is 32.0 Å². The first-order chi connectivity index (χ1) is 13.7. The molecule has 2 aromatic heterocycles. The van der Waals surface area contributed by atoms with Gasteiger partial charge in [-0.3, -0.25) is 0 Å². The molecule has 145 valence electrons. The van der Waals surface area contributed by atoms with Crippen molar-refractivity contribution >= 4 is 0 Å². The second-order valence-corrected chi connectivity index (χ2v) is 6.19. The summed E-state index contributed by atoms with van der Waals surface area (Å²) in [4.78, 5) is 9.32. The summed E-state index contributed by atoms with van der Waals surface area (Å²) in [5.41, 5.74) is 3.85. The Labute approximate surface area is 179 Å². The number of hydrogen-bond acceptors (Lipinski definition) is 5. The van der Waals surface area contributed by atoms with E-state index in [9.17, 15) is 10.2 Å². The number of nitrogens with zero attached hydrogens (tertiary/aromatic N) is 2. The first-order valence-electron chi connectivity index (χ1n) is 8.76. The molecule has 4 aromatic rings. The summed E-state index contributed by atoms with van der Waals surface area (Å²) in [5, 5.41) is 20.5. The van der Waals surface area contributed by atoms with Gasteiger partial charge in [-0.15, -0.1) is 0 Å². The molecule has 2 N–H and O–H groups in total. The molecule has 5 nitrogen and oxygen atoms in total. The maximum Gasteiger partial charge on any atom is 0.167 e. The number of methoxy groups -OCH3 is 1. The van der Waals surface area contributed by atoms with E-state index in [4.69, 9.17) is 4.74 Å². The second kappa shape index (κ2) is 8.78. The van der Waals surface area contributed by atoms with Crippen molar-refractivity contribution in [1.82, 2.24) is 9.97 Å². The monoisotopic (exact) mass is 425 g/mol. The summed E-state index contributed by atoms with van der Waals surface area (Å²) in [6.07, 6.45) is 0. The molecule has 0 bridgehead atoms. The Hall–Kier alpha value is -3.34. The molecule has 0 saturated carbocycles. The van der Waals surface area contributed by atoms with E-state index in [1.807, 2.05) is 48.5 Å². The van der Waals surface area contributed by atoms with E-state index in [1.54, 1.807) is 30.3 Å². The zero-order valence-corrected chi connectivity index (χ0v) is 16.8. The molecule has 0 aliphatic rings. The van der Waals surface area contributed by atoms with Gasteiger partial charge in [0.2, 0.25) is 0 Å². The van der Waals surface area contributed by atoms with Gasteiger partial charge in [0.05, 0.1) is 29.9 Å². The smallest absolute Gasteiger partial charge is 0.167 e. The Balaban J connectivity index is 0.00000240. The minimum absolute atomic E-state index is 0. The van der Waals surface area contributed by atoms with Gasteiger partial charge in [-0.25, -0.2) is 9.97 Å². The van der Waals surface area contributed by atoms with Crippen LogP contribution in [0, 0.1) is 0 Å². The molecule has 0 atom stereocenters. The van der Waals surface area contributed by atoms with Crippen LogP contribution in [0.3, 0.4) is 0 Å². The molecule has 0 saturated heterocycles. The van der Waals surface area contributed by atoms with E-state index in [2.05, 4.69) is 9.97 Å². The fourth-order valence-corrected chi connectivity index (χ4v) is 3.04. The van der Waals surface area contributed by atoms with Crippen LogP contribution in [0.2, 0.25) is 0 Å². The van der Waals surface area contributed by atoms with Gasteiger partial charge in [0.1, 0.15) is 5.75 Å². The molecule has 0 aliphatic carbocycles. The van der Waals surface area contributed by atoms with Crippen LogP contribution in [0.25, 0.3) is 33.9 Å². The van der Waals surface area contributed by atoms with Gasteiger partial charge >= 0.3 is 0 Å². The summed E-state index contributed by atoms with van der Waals surface area (Å²) in [6, 6.07) is 23.5. The molecule has 1 radical (unpaired) electrons. The van der Waals surface area contributed by atoms with Crippen molar-refractivity contribution in [3.8, 4) is 51.2 Å². The van der Waals surface area contributed by atoms with Crippen molar-refractivity contribution in [1.29, 1.82) is 0 Å². The largest absolute Gasteiger partial charge is 0.507 e. The summed E-state index contributed by atoms with van der Waals surface area (Å²) in [6.45, 7) is 0. The van der Waals surface area contributed by atoms with Crippen LogP contribution in [0.4, 0.5) is 0 Å². The number of aromatic hydroxyl groups is 2. The minimum Gasteiger partial charge on any atom is -0.507 e. The van der Waals surface area contributed by atoms with Crippen LogP contribution >= 0.6 is 0 Å². The first-order valence-corrected chi connectivity index (χ1v) is 8.76. The zero-order chi connectivity index (χ0) is 19.5. The van der Waals surface area contributed by atoms with Gasteiger partial charge in [0, 0.05) is 28.2 Å². The van der Waals surface area contributed by atoms with Crippen LogP contribution in [0.1, 0.15) is 0 Å². The predicted molar refractivity (Wildman–Crippen MR) is 108 cm³/mol. The van der Waals surface area contributed by atoms with Crippen molar-refractivity contribution in [2.24, 2.45) is 0 Å². The second-order valence-electron chi connectivity index (χ2n) is 6.19. The van der Waals surface area contributed by atoms with Gasteiger partial charge in [0.15, 0.2) is 11.5 Å². The van der Waals surface area contributed by atoms with Crippen LogP contribution < -0.4 is 4.74 Å². The van der Waals surface area contributed by atoms with Gasteiger partial charge < -0.3 is 14.9 Å². The van der Waals surface area contributed by atoms with E-state index in [0.29, 0.717) is 39.7 Å². The average Bonchev–Trinajstić information content (AvgIpc) is 2.74. The Morgan fingerprint density at radius 1 is 0.621 bits per heavy atom. The number of phenols is 2. The molecule has 0 aliphatic heterocycles. The third-order valence-corrected chi connectivity index (χ3v) is 4.44. The van der Waals surface area contributed by atoms with Gasteiger partial charge in [-0.2, -0.15) is 0 Å². The molecule has 0 amide bonds. The van der Waals surface area contributed by atoms with Crippen molar-refractivity contribution in [2.75, 3.05) is 7.11 Å². The Bertz CT molecular complexity index is 1150. The fourth-order valence-electron chi connectivity index (χ4n) is 3.04. The predicted octanol–water partition coefficient (Wildman–Crippen LogP) is 4.89. The molecular weight excluding hydrogens is 407 g/mol. The molecule has 4 rings (SSSR count). The van der Waals surface area contributed by atoms with Crippen LogP contribution in [0.15, 0.2) is 78.9 Å². The summed E-state index contributed by atoms with van der Waals surface area (Å²) < 4.78 is 5.18. The number of phenolic OH excluding ortho intramolecular Hbond substituents is 2. The van der Waals surface area contributed by atoms with Crippen LogP contribution in [0.5, 0.6) is 17.2 Å². The standard InChI is InChI=1S/C23H18N2O3.Mn/c1-28-22-14-4-8-16(23(22)27)18-10-6-12-20(25-18)19-11-5-9-17(24-19)15-7-2-3-13-21(15)26;/h2-14,26-27H,1H3;. The zero-order valence-electron chi connectivity index (χ0n) is 15.6. The van der Waals surface area contributed by atoms with Crippen molar-refractivity contribution in [3.63, 3.8) is 0 Å². The van der Waals surface area contributed by atoms with E-state index >= 15 is 0 Å².